The summed E-state index contributed by atoms with van der Waals surface area (Å²) in [5.41, 5.74) is 1.98. The first-order chi connectivity index (χ1) is 13.2. The normalized spacial score (nSPS) is 12.8. The lowest BCUT2D eigenvalue weighted by molar-refractivity contribution is 0.415. The third kappa shape index (κ3) is 4.18. The molecule has 0 radical (unpaired) electrons. The van der Waals surface area contributed by atoms with Crippen LogP contribution in [0, 0.1) is 0 Å². The highest BCUT2D eigenvalue weighted by Gasteiger charge is 2.02. The molecule has 2 aromatic heterocycles. The molecular formula is C21H18N2O2S2. The number of para-hydroxylation sites is 1. The van der Waals surface area contributed by atoms with E-state index in [1.54, 1.807) is 18.4 Å². The molecule has 27 heavy (non-hydrogen) atoms. The molecule has 6 heteroatoms. The van der Waals surface area contributed by atoms with E-state index >= 15 is 0 Å². The highest BCUT2D eigenvalue weighted by molar-refractivity contribution is 7.18. The van der Waals surface area contributed by atoms with Gasteiger partial charge in [-0.25, -0.2) is 4.98 Å². The van der Waals surface area contributed by atoms with Crippen molar-refractivity contribution in [1.82, 2.24) is 9.97 Å². The molecule has 1 N–H and O–H groups in total. The number of methoxy groups -OCH3 is 1. The molecule has 4 nitrogen and oxygen atoms in total. The molecule has 0 aliphatic heterocycles. The van der Waals surface area contributed by atoms with Gasteiger partial charge in [-0.1, -0.05) is 24.3 Å². The van der Waals surface area contributed by atoms with Crippen molar-refractivity contribution in [2.24, 2.45) is 0 Å². The Morgan fingerprint density at radius 3 is 2.70 bits per heavy atom. The number of nitrogens with one attached hydrogen (secondary N) is 1. The van der Waals surface area contributed by atoms with Crippen molar-refractivity contribution in [3.63, 3.8) is 0 Å². The smallest absolute Gasteiger partial charge is 0.266 e. The fourth-order valence-corrected chi connectivity index (χ4v) is 4.66. The predicted molar refractivity (Wildman–Crippen MR) is 113 cm³/mol. The molecule has 4 rings (SSSR count). The molecule has 4 aromatic rings. The Balaban J connectivity index is 1.51. The van der Waals surface area contributed by atoms with Gasteiger partial charge in [-0.05, 0) is 48.4 Å². The van der Waals surface area contributed by atoms with Crippen molar-refractivity contribution in [2.45, 2.75) is 12.8 Å². The van der Waals surface area contributed by atoms with Crippen molar-refractivity contribution in [3.05, 3.63) is 78.7 Å². The Morgan fingerprint density at radius 2 is 1.93 bits per heavy atom. The predicted octanol–water partition coefficient (Wildman–Crippen LogP) is 3.30. The number of aromatic nitrogens is 2. The summed E-state index contributed by atoms with van der Waals surface area (Å²) in [4.78, 5) is 19.8. The van der Waals surface area contributed by atoms with Crippen molar-refractivity contribution >= 4 is 45.0 Å². The minimum absolute atomic E-state index is 0.0537. The maximum Gasteiger partial charge on any atom is 0.266 e. The van der Waals surface area contributed by atoms with Gasteiger partial charge in [0.1, 0.15) is 5.75 Å². The standard InChI is InChI=1S/C21H18N2O2S2/c1-25-15-11-9-14(10-12-15)13-18-21(24)23-20(27-18)8-4-7-19-22-16-5-2-3-6-17(16)26-19/h2-3,5-6,8-13H,4,7H2,1H3,(H,23,24)/b18-13+,20-8+. The van der Waals surface area contributed by atoms with E-state index in [4.69, 9.17) is 4.74 Å². The second-order valence-corrected chi connectivity index (χ2v) is 8.22. The number of hydrogen-bond donors (Lipinski definition) is 1. The molecule has 0 spiro atoms. The molecule has 0 aliphatic carbocycles. The van der Waals surface area contributed by atoms with Gasteiger partial charge < -0.3 is 9.72 Å². The summed E-state index contributed by atoms with van der Waals surface area (Å²) in [5, 5.41) is 1.12. The number of aryl methyl sites for hydroxylation is 1. The lowest BCUT2D eigenvalue weighted by Gasteiger charge is -1.98. The summed E-state index contributed by atoms with van der Waals surface area (Å²) < 4.78 is 7.96. The maximum absolute atomic E-state index is 12.2. The van der Waals surface area contributed by atoms with E-state index in [1.807, 2.05) is 48.5 Å². The zero-order chi connectivity index (χ0) is 18.6. The lowest BCUT2D eigenvalue weighted by atomic mass is 10.2. The summed E-state index contributed by atoms with van der Waals surface area (Å²) >= 11 is 3.21. The summed E-state index contributed by atoms with van der Waals surface area (Å²) in [6.07, 6.45) is 5.69. The van der Waals surface area contributed by atoms with E-state index in [-0.39, 0.29) is 5.56 Å². The summed E-state index contributed by atoms with van der Waals surface area (Å²) in [6.45, 7) is 0. The van der Waals surface area contributed by atoms with Crippen LogP contribution in [-0.2, 0) is 6.42 Å². The Labute approximate surface area is 164 Å². The first-order valence-corrected chi connectivity index (χ1v) is 10.2. The quantitative estimate of drug-likeness (QED) is 0.565. The molecule has 136 valence electrons. The van der Waals surface area contributed by atoms with Crippen LogP contribution in [0.5, 0.6) is 5.75 Å². The average molecular weight is 395 g/mol. The highest BCUT2D eigenvalue weighted by Crippen LogP contribution is 2.22. The van der Waals surface area contributed by atoms with Crippen LogP contribution in [0.3, 0.4) is 0 Å². The fourth-order valence-electron chi connectivity index (χ4n) is 2.76. The van der Waals surface area contributed by atoms with Crippen molar-refractivity contribution in [2.75, 3.05) is 7.11 Å². The molecule has 2 heterocycles. The van der Waals surface area contributed by atoms with Crippen molar-refractivity contribution in [1.29, 1.82) is 0 Å². The number of H-pyrrole nitrogens is 1. The van der Waals surface area contributed by atoms with Gasteiger partial charge in [0.25, 0.3) is 5.56 Å². The van der Waals surface area contributed by atoms with Gasteiger partial charge in [0.15, 0.2) is 0 Å². The summed E-state index contributed by atoms with van der Waals surface area (Å²) in [7, 11) is 1.64. The van der Waals surface area contributed by atoms with Crippen molar-refractivity contribution in [3.8, 4) is 5.75 Å². The van der Waals surface area contributed by atoms with Crippen LogP contribution in [0.15, 0.2) is 53.3 Å². The molecule has 0 saturated heterocycles. The molecule has 0 bridgehead atoms. The number of nitrogens with zero attached hydrogens (tertiary/aromatic N) is 1. The Hall–Kier alpha value is -2.70. The van der Waals surface area contributed by atoms with Crippen LogP contribution in [0.1, 0.15) is 17.0 Å². The zero-order valence-electron chi connectivity index (χ0n) is 14.8. The lowest BCUT2D eigenvalue weighted by Crippen LogP contribution is -2.19. The van der Waals surface area contributed by atoms with Crippen LogP contribution >= 0.6 is 22.7 Å². The van der Waals surface area contributed by atoms with Gasteiger partial charge in [-0.3, -0.25) is 4.79 Å². The number of benzene rings is 2. The van der Waals surface area contributed by atoms with E-state index in [9.17, 15) is 4.79 Å². The first-order valence-electron chi connectivity index (χ1n) is 8.61. The molecule has 0 amide bonds. The number of rotatable bonds is 5. The Morgan fingerprint density at radius 1 is 1.11 bits per heavy atom. The molecule has 0 saturated carbocycles. The third-order valence-corrected chi connectivity index (χ3v) is 6.23. The fraction of sp³-hybridized carbons (Fsp3) is 0.143. The zero-order valence-corrected chi connectivity index (χ0v) is 16.4. The molecule has 0 aliphatic rings. The monoisotopic (exact) mass is 394 g/mol. The van der Waals surface area contributed by atoms with Crippen LogP contribution in [0.4, 0.5) is 0 Å². The highest BCUT2D eigenvalue weighted by atomic mass is 32.1. The number of aromatic amines is 1. The van der Waals surface area contributed by atoms with E-state index in [1.165, 1.54) is 16.0 Å². The van der Waals surface area contributed by atoms with E-state index < -0.39 is 0 Å². The van der Waals surface area contributed by atoms with E-state index in [0.717, 1.165) is 39.3 Å². The number of hydrogen-bond acceptors (Lipinski definition) is 5. The maximum atomic E-state index is 12.2. The second-order valence-electron chi connectivity index (χ2n) is 6.02. The van der Waals surface area contributed by atoms with Crippen LogP contribution < -0.4 is 19.5 Å². The average Bonchev–Trinajstić information content (AvgIpc) is 3.25. The summed E-state index contributed by atoms with van der Waals surface area (Å²) in [5.74, 6) is 0.802. The van der Waals surface area contributed by atoms with Gasteiger partial charge >= 0.3 is 0 Å². The topological polar surface area (TPSA) is 55.0 Å². The first kappa shape index (κ1) is 17.7. The molecule has 0 unspecified atom stereocenters. The largest absolute Gasteiger partial charge is 0.497 e. The van der Waals surface area contributed by atoms with Gasteiger partial charge in [0, 0.05) is 6.42 Å². The van der Waals surface area contributed by atoms with Gasteiger partial charge in [0.05, 0.1) is 31.5 Å². The molecule has 0 atom stereocenters. The van der Waals surface area contributed by atoms with E-state index in [2.05, 4.69) is 22.1 Å². The van der Waals surface area contributed by atoms with Gasteiger partial charge in [-0.2, -0.15) is 0 Å². The SMILES string of the molecule is COc1ccc(/C=c2/s/c(=C/CCc3nc4ccccc4s3)[nH]c2=O)cc1. The van der Waals surface area contributed by atoms with Crippen LogP contribution in [-0.4, -0.2) is 17.1 Å². The number of fused-ring (bicyclic) bond motifs is 1. The summed E-state index contributed by atoms with van der Waals surface area (Å²) in [6, 6.07) is 15.8. The molecular weight excluding hydrogens is 376 g/mol. The molecule has 2 aromatic carbocycles. The Bertz CT molecular complexity index is 1200. The van der Waals surface area contributed by atoms with E-state index in [0.29, 0.717) is 4.53 Å². The minimum Gasteiger partial charge on any atom is -0.497 e. The minimum atomic E-state index is -0.0537. The van der Waals surface area contributed by atoms with Gasteiger partial charge in [-0.15, -0.1) is 22.7 Å². The van der Waals surface area contributed by atoms with Gasteiger partial charge in [0.2, 0.25) is 0 Å². The number of ether oxygens (including phenoxy) is 1. The van der Waals surface area contributed by atoms with Crippen LogP contribution in [0.25, 0.3) is 22.4 Å². The number of thiazole rings is 2. The Kier molecular flexibility index (Phi) is 5.18. The molecule has 0 fully saturated rings. The third-order valence-electron chi connectivity index (χ3n) is 4.12. The van der Waals surface area contributed by atoms with Crippen LogP contribution in [0.2, 0.25) is 0 Å². The second kappa shape index (κ2) is 7.90. The van der Waals surface area contributed by atoms with Crippen molar-refractivity contribution < 1.29 is 4.74 Å².